The molecule has 0 unspecified atom stereocenters. The topological polar surface area (TPSA) is 99.7 Å². The van der Waals surface area contributed by atoms with Crippen LogP contribution in [-0.4, -0.2) is 42.6 Å². The van der Waals surface area contributed by atoms with Crippen LogP contribution in [0.15, 0.2) is 42.6 Å². The van der Waals surface area contributed by atoms with Gasteiger partial charge in [0.15, 0.2) is 17.3 Å². The highest BCUT2D eigenvalue weighted by molar-refractivity contribution is 5.66. The molecule has 0 saturated carbocycles. The molecule has 1 aliphatic rings. The molecule has 0 saturated heterocycles. The minimum Gasteiger partial charge on any atom is -0.497 e. The van der Waals surface area contributed by atoms with Crippen LogP contribution in [0.3, 0.4) is 0 Å². The molecule has 0 bridgehead atoms. The van der Waals surface area contributed by atoms with E-state index in [0.29, 0.717) is 47.9 Å². The smallest absolute Gasteiger partial charge is 0.249 e. The number of nitrogens with zero attached hydrogens (tertiary/aromatic N) is 3. The molecule has 0 amide bonds. The Kier molecular flexibility index (Phi) is 4.96. The largest absolute Gasteiger partial charge is 0.497 e. The van der Waals surface area contributed by atoms with Crippen molar-refractivity contribution in [3.05, 3.63) is 42.6 Å². The Morgan fingerprint density at radius 2 is 1.79 bits per heavy atom. The summed E-state index contributed by atoms with van der Waals surface area (Å²) < 4.78 is 21.7. The molecule has 0 radical (unpaired) electrons. The van der Waals surface area contributed by atoms with Crippen molar-refractivity contribution in [2.75, 3.05) is 38.1 Å². The van der Waals surface area contributed by atoms with Gasteiger partial charge in [-0.05, 0) is 24.3 Å². The Morgan fingerprint density at radius 3 is 2.61 bits per heavy atom. The molecule has 0 fully saturated rings. The van der Waals surface area contributed by atoms with Crippen LogP contribution >= 0.6 is 0 Å². The van der Waals surface area contributed by atoms with Gasteiger partial charge in [0.2, 0.25) is 5.95 Å². The van der Waals surface area contributed by atoms with Crippen LogP contribution in [0.5, 0.6) is 23.0 Å². The van der Waals surface area contributed by atoms with Crippen LogP contribution < -0.4 is 29.6 Å². The molecule has 4 rings (SSSR count). The highest BCUT2D eigenvalue weighted by atomic mass is 16.6. The number of hydrogen-bond acceptors (Lipinski definition) is 9. The number of fused-ring (bicyclic) bond motifs is 1. The van der Waals surface area contributed by atoms with Gasteiger partial charge in [0.25, 0.3) is 0 Å². The SMILES string of the molecule is COc1ccc(Nc2nncc(Nc3ccc4c(c3)OCCO4)n2)c(OC)c1. The molecule has 3 aromatic rings. The van der Waals surface area contributed by atoms with Crippen LogP contribution in [0.4, 0.5) is 23.1 Å². The van der Waals surface area contributed by atoms with Gasteiger partial charge in [-0.25, -0.2) is 0 Å². The number of nitrogens with one attached hydrogen (secondary N) is 2. The van der Waals surface area contributed by atoms with Crippen molar-refractivity contribution in [2.45, 2.75) is 0 Å². The normalized spacial score (nSPS) is 12.2. The van der Waals surface area contributed by atoms with Gasteiger partial charge in [-0.1, -0.05) is 0 Å². The Bertz CT molecular complexity index is 982. The van der Waals surface area contributed by atoms with Gasteiger partial charge in [-0.3, -0.25) is 0 Å². The van der Waals surface area contributed by atoms with E-state index in [1.807, 2.05) is 30.3 Å². The van der Waals surface area contributed by atoms with Crippen molar-refractivity contribution in [1.29, 1.82) is 0 Å². The average Bonchev–Trinajstić information content (AvgIpc) is 2.74. The Hall–Kier alpha value is -3.75. The van der Waals surface area contributed by atoms with Crippen LogP contribution in [-0.2, 0) is 0 Å². The Balaban J connectivity index is 1.52. The van der Waals surface area contributed by atoms with Crippen molar-refractivity contribution in [2.24, 2.45) is 0 Å². The molecule has 144 valence electrons. The second kappa shape index (κ2) is 7.87. The fourth-order valence-electron chi connectivity index (χ4n) is 2.71. The van der Waals surface area contributed by atoms with Crippen LogP contribution in [0.2, 0.25) is 0 Å². The van der Waals surface area contributed by atoms with Crippen molar-refractivity contribution in [1.82, 2.24) is 15.2 Å². The zero-order valence-corrected chi connectivity index (χ0v) is 15.4. The maximum absolute atomic E-state index is 5.60. The molecule has 2 aromatic carbocycles. The molecular formula is C19H19N5O4. The van der Waals surface area contributed by atoms with Crippen LogP contribution in [0.25, 0.3) is 0 Å². The number of hydrogen-bond donors (Lipinski definition) is 2. The number of rotatable bonds is 6. The maximum atomic E-state index is 5.60. The summed E-state index contributed by atoms with van der Waals surface area (Å²) in [5, 5.41) is 14.3. The summed E-state index contributed by atoms with van der Waals surface area (Å²) in [6.45, 7) is 1.09. The maximum Gasteiger partial charge on any atom is 0.249 e. The Labute approximate surface area is 161 Å². The molecule has 9 nitrogen and oxygen atoms in total. The Morgan fingerprint density at radius 1 is 0.929 bits per heavy atom. The van der Waals surface area contributed by atoms with Crippen molar-refractivity contribution in [3.63, 3.8) is 0 Å². The van der Waals surface area contributed by atoms with Gasteiger partial charge < -0.3 is 29.6 Å². The monoisotopic (exact) mass is 381 g/mol. The molecule has 0 spiro atoms. The average molecular weight is 381 g/mol. The van der Waals surface area contributed by atoms with E-state index in [1.54, 1.807) is 20.3 Å². The van der Waals surface area contributed by atoms with E-state index in [-0.39, 0.29) is 0 Å². The third kappa shape index (κ3) is 3.83. The van der Waals surface area contributed by atoms with Gasteiger partial charge in [-0.15, -0.1) is 5.10 Å². The summed E-state index contributed by atoms with van der Waals surface area (Å²) >= 11 is 0. The standard InChI is InChI=1S/C19H19N5O4/c1-25-13-4-5-14(16(10-13)26-2)22-19-23-18(11-20-24-19)21-12-3-6-15-17(9-12)28-8-7-27-15/h3-6,9-11H,7-8H2,1-2H3,(H2,21,22,23,24). The molecule has 2 heterocycles. The van der Waals surface area contributed by atoms with E-state index in [2.05, 4.69) is 25.8 Å². The quantitative estimate of drug-likeness (QED) is 0.667. The van der Waals surface area contributed by atoms with Gasteiger partial charge in [0.05, 0.1) is 26.1 Å². The minimum atomic E-state index is 0.325. The number of benzene rings is 2. The second-order valence-electron chi connectivity index (χ2n) is 5.84. The molecule has 28 heavy (non-hydrogen) atoms. The minimum absolute atomic E-state index is 0.325. The lowest BCUT2D eigenvalue weighted by molar-refractivity contribution is 0.171. The molecule has 2 N–H and O–H groups in total. The van der Waals surface area contributed by atoms with Gasteiger partial charge >= 0.3 is 0 Å². The molecular weight excluding hydrogens is 362 g/mol. The summed E-state index contributed by atoms with van der Waals surface area (Å²) in [6.07, 6.45) is 1.53. The van der Waals surface area contributed by atoms with Crippen LogP contribution in [0, 0.1) is 0 Å². The van der Waals surface area contributed by atoms with E-state index in [4.69, 9.17) is 18.9 Å². The van der Waals surface area contributed by atoms with Crippen LogP contribution in [0.1, 0.15) is 0 Å². The summed E-state index contributed by atoms with van der Waals surface area (Å²) in [4.78, 5) is 4.44. The lowest BCUT2D eigenvalue weighted by atomic mass is 10.2. The number of aromatic nitrogens is 3. The summed E-state index contributed by atoms with van der Waals surface area (Å²) in [5.74, 6) is 3.57. The predicted molar refractivity (Wildman–Crippen MR) is 103 cm³/mol. The van der Waals surface area contributed by atoms with E-state index in [1.165, 1.54) is 6.20 Å². The zero-order chi connectivity index (χ0) is 19.3. The summed E-state index contributed by atoms with van der Waals surface area (Å²) in [7, 11) is 3.18. The van der Waals surface area contributed by atoms with Gasteiger partial charge in [0, 0.05) is 17.8 Å². The summed E-state index contributed by atoms with van der Waals surface area (Å²) in [6, 6.07) is 11.0. The first-order chi connectivity index (χ1) is 13.7. The van der Waals surface area contributed by atoms with Crippen molar-refractivity contribution < 1.29 is 18.9 Å². The first-order valence-corrected chi connectivity index (χ1v) is 8.60. The number of methoxy groups -OCH3 is 2. The van der Waals surface area contributed by atoms with Gasteiger partial charge in [-0.2, -0.15) is 10.1 Å². The fraction of sp³-hybridized carbons (Fsp3) is 0.211. The predicted octanol–water partition coefficient (Wildman–Crippen LogP) is 3.15. The first kappa shape index (κ1) is 17.7. The number of ether oxygens (including phenoxy) is 4. The molecule has 9 heteroatoms. The van der Waals surface area contributed by atoms with E-state index in [9.17, 15) is 0 Å². The lowest BCUT2D eigenvalue weighted by Crippen LogP contribution is -2.15. The highest BCUT2D eigenvalue weighted by Crippen LogP contribution is 2.34. The molecule has 1 aromatic heterocycles. The van der Waals surface area contributed by atoms with E-state index in [0.717, 1.165) is 11.4 Å². The van der Waals surface area contributed by atoms with Crippen molar-refractivity contribution >= 4 is 23.1 Å². The first-order valence-electron chi connectivity index (χ1n) is 8.60. The van der Waals surface area contributed by atoms with Gasteiger partial charge in [0.1, 0.15) is 24.7 Å². The molecule has 1 aliphatic heterocycles. The van der Waals surface area contributed by atoms with E-state index < -0.39 is 0 Å². The summed E-state index contributed by atoms with van der Waals surface area (Å²) in [5.41, 5.74) is 1.50. The fourth-order valence-corrected chi connectivity index (χ4v) is 2.71. The third-order valence-electron chi connectivity index (χ3n) is 4.03. The van der Waals surface area contributed by atoms with E-state index >= 15 is 0 Å². The third-order valence-corrected chi connectivity index (χ3v) is 4.03. The lowest BCUT2D eigenvalue weighted by Gasteiger charge is -2.19. The molecule has 0 aliphatic carbocycles. The second-order valence-corrected chi connectivity index (χ2v) is 5.84. The van der Waals surface area contributed by atoms with Crippen molar-refractivity contribution in [3.8, 4) is 23.0 Å². The highest BCUT2D eigenvalue weighted by Gasteiger charge is 2.12. The number of anilines is 4. The zero-order valence-electron chi connectivity index (χ0n) is 15.4. The molecule has 0 atom stereocenters.